The largest absolute Gasteiger partial charge is 0.335 e. The third-order valence-corrected chi connectivity index (χ3v) is 3.78. The van der Waals surface area contributed by atoms with Crippen LogP contribution >= 0.6 is 0 Å². The van der Waals surface area contributed by atoms with Gasteiger partial charge in [0.15, 0.2) is 0 Å². The van der Waals surface area contributed by atoms with Crippen LogP contribution in [0.25, 0.3) is 0 Å². The number of hydrogen-bond acceptors (Lipinski definition) is 4. The number of carbonyl (C=O) groups excluding carboxylic acids is 1. The Bertz CT molecular complexity index is 528. The molecule has 20 heavy (non-hydrogen) atoms. The molecule has 1 aliphatic rings. The fourth-order valence-electron chi connectivity index (χ4n) is 2.48. The van der Waals surface area contributed by atoms with Gasteiger partial charge in [0, 0.05) is 31.2 Å². The van der Waals surface area contributed by atoms with Gasteiger partial charge in [-0.1, -0.05) is 6.92 Å². The molecule has 0 saturated carbocycles. The van der Waals surface area contributed by atoms with Gasteiger partial charge in [0.05, 0.1) is 11.1 Å². The fourth-order valence-corrected chi connectivity index (χ4v) is 2.48. The number of aromatic nitrogens is 1. The average Bonchev–Trinajstić information content (AvgIpc) is 2.93. The number of amides is 1. The van der Waals surface area contributed by atoms with Crippen molar-refractivity contribution < 1.29 is 9.72 Å². The van der Waals surface area contributed by atoms with E-state index < -0.39 is 4.92 Å². The highest BCUT2D eigenvalue weighted by atomic mass is 16.6. The molecule has 2 rings (SSSR count). The summed E-state index contributed by atoms with van der Waals surface area (Å²) in [6.07, 6.45) is 1.41. The molecular weight excluding hydrogens is 260 g/mol. The predicted octanol–water partition coefficient (Wildman–Crippen LogP) is 1.40. The molecule has 1 aromatic heterocycles. The topological polar surface area (TPSA) is 94.4 Å². The lowest BCUT2D eigenvalue weighted by Crippen LogP contribution is -2.33. The molecule has 1 aliphatic heterocycles. The Morgan fingerprint density at radius 1 is 1.50 bits per heavy atom. The highest BCUT2D eigenvalue weighted by Gasteiger charge is 2.32. The summed E-state index contributed by atoms with van der Waals surface area (Å²) in [7, 11) is 0. The average molecular weight is 280 g/mol. The van der Waals surface area contributed by atoms with Crippen molar-refractivity contribution >= 4 is 11.6 Å². The van der Waals surface area contributed by atoms with Gasteiger partial charge in [-0.3, -0.25) is 14.9 Å². The van der Waals surface area contributed by atoms with E-state index in [9.17, 15) is 14.9 Å². The highest BCUT2D eigenvalue weighted by molar-refractivity contribution is 5.94. The molecule has 0 bridgehead atoms. The molecular formula is C13H20N4O3. The molecule has 0 aliphatic carbocycles. The van der Waals surface area contributed by atoms with Crippen LogP contribution in [0, 0.1) is 16.0 Å². The van der Waals surface area contributed by atoms with E-state index in [2.05, 4.69) is 0 Å². The fraction of sp³-hybridized carbons (Fsp3) is 0.615. The van der Waals surface area contributed by atoms with Gasteiger partial charge >= 0.3 is 0 Å². The monoisotopic (exact) mass is 280 g/mol. The number of nitro groups is 1. The molecule has 2 atom stereocenters. The molecule has 2 N–H and O–H groups in total. The minimum atomic E-state index is -0.478. The SMILES string of the molecule is CC1CN(C(=O)c2cc([N+](=O)[O-])cn2C(C)C)CC1N. The van der Waals surface area contributed by atoms with E-state index in [4.69, 9.17) is 5.73 Å². The van der Waals surface area contributed by atoms with E-state index in [1.807, 2.05) is 20.8 Å². The van der Waals surface area contributed by atoms with E-state index in [-0.39, 0.29) is 29.6 Å². The highest BCUT2D eigenvalue weighted by Crippen LogP contribution is 2.24. The zero-order valence-corrected chi connectivity index (χ0v) is 11.9. The number of carbonyl (C=O) groups is 1. The Hall–Kier alpha value is -1.89. The van der Waals surface area contributed by atoms with Crippen LogP contribution in [-0.2, 0) is 0 Å². The Balaban J connectivity index is 2.32. The quantitative estimate of drug-likeness (QED) is 0.668. The van der Waals surface area contributed by atoms with Crippen LogP contribution in [0.1, 0.15) is 37.3 Å². The maximum absolute atomic E-state index is 12.5. The van der Waals surface area contributed by atoms with Crippen molar-refractivity contribution in [2.24, 2.45) is 11.7 Å². The lowest BCUT2D eigenvalue weighted by atomic mass is 10.1. The van der Waals surface area contributed by atoms with Crippen molar-refractivity contribution in [1.29, 1.82) is 0 Å². The minimum Gasteiger partial charge on any atom is -0.335 e. The first kappa shape index (κ1) is 14.5. The van der Waals surface area contributed by atoms with Crippen molar-refractivity contribution in [1.82, 2.24) is 9.47 Å². The zero-order valence-electron chi connectivity index (χ0n) is 11.9. The molecule has 1 saturated heterocycles. The molecule has 0 spiro atoms. The summed E-state index contributed by atoms with van der Waals surface area (Å²) in [6, 6.07) is 1.30. The van der Waals surface area contributed by atoms with Gasteiger partial charge in [-0.25, -0.2) is 0 Å². The molecule has 1 aromatic rings. The van der Waals surface area contributed by atoms with Crippen LogP contribution < -0.4 is 5.73 Å². The maximum Gasteiger partial charge on any atom is 0.287 e. The summed E-state index contributed by atoms with van der Waals surface area (Å²) in [5.74, 6) is 0.0583. The normalized spacial score (nSPS) is 22.6. The maximum atomic E-state index is 12.5. The van der Waals surface area contributed by atoms with Crippen LogP contribution in [0.5, 0.6) is 0 Å². The summed E-state index contributed by atoms with van der Waals surface area (Å²) in [6.45, 7) is 6.87. The second-order valence-electron chi connectivity index (χ2n) is 5.69. The zero-order chi connectivity index (χ0) is 15.0. The first-order valence-electron chi connectivity index (χ1n) is 6.72. The standard InChI is InChI=1S/C13H20N4O3/c1-8(2)16-6-10(17(19)20)4-12(16)13(18)15-5-9(3)11(14)7-15/h4,6,8-9,11H,5,7,14H2,1-3H3. The summed E-state index contributed by atoms with van der Waals surface area (Å²) in [4.78, 5) is 24.6. The molecule has 0 radical (unpaired) electrons. The predicted molar refractivity (Wildman–Crippen MR) is 74.5 cm³/mol. The van der Waals surface area contributed by atoms with Crippen molar-refractivity contribution in [3.63, 3.8) is 0 Å². The second-order valence-corrected chi connectivity index (χ2v) is 5.69. The summed E-state index contributed by atoms with van der Waals surface area (Å²) in [5, 5.41) is 10.9. The molecule has 7 nitrogen and oxygen atoms in total. The molecule has 2 heterocycles. The van der Waals surface area contributed by atoms with Crippen molar-refractivity contribution in [3.8, 4) is 0 Å². The van der Waals surface area contributed by atoms with Crippen LogP contribution in [-0.4, -0.2) is 39.4 Å². The van der Waals surface area contributed by atoms with Crippen LogP contribution in [0.15, 0.2) is 12.3 Å². The van der Waals surface area contributed by atoms with Gasteiger partial charge in [-0.05, 0) is 19.8 Å². The van der Waals surface area contributed by atoms with Crippen LogP contribution in [0.3, 0.4) is 0 Å². The first-order chi connectivity index (χ1) is 9.31. The van der Waals surface area contributed by atoms with Gasteiger partial charge in [0.2, 0.25) is 0 Å². The van der Waals surface area contributed by atoms with Gasteiger partial charge in [-0.15, -0.1) is 0 Å². The van der Waals surface area contributed by atoms with E-state index >= 15 is 0 Å². The molecule has 2 unspecified atom stereocenters. The van der Waals surface area contributed by atoms with Gasteiger partial charge in [-0.2, -0.15) is 0 Å². The second kappa shape index (κ2) is 5.24. The summed E-state index contributed by atoms with van der Waals surface area (Å²) >= 11 is 0. The van der Waals surface area contributed by atoms with E-state index in [0.29, 0.717) is 18.8 Å². The Morgan fingerprint density at radius 2 is 2.15 bits per heavy atom. The van der Waals surface area contributed by atoms with Crippen LogP contribution in [0.4, 0.5) is 5.69 Å². The van der Waals surface area contributed by atoms with E-state index in [1.165, 1.54) is 12.3 Å². The molecule has 1 fully saturated rings. The number of likely N-dealkylation sites (tertiary alicyclic amines) is 1. The van der Waals surface area contributed by atoms with Gasteiger partial charge in [0.25, 0.3) is 11.6 Å². The number of rotatable bonds is 3. The minimum absolute atomic E-state index is 0.0173. The third-order valence-electron chi connectivity index (χ3n) is 3.78. The third kappa shape index (κ3) is 2.53. The number of hydrogen-bond donors (Lipinski definition) is 1. The Labute approximate surface area is 117 Å². The number of nitrogens with two attached hydrogens (primary N) is 1. The van der Waals surface area contributed by atoms with E-state index in [1.54, 1.807) is 9.47 Å². The molecule has 7 heteroatoms. The van der Waals surface area contributed by atoms with Crippen molar-refractivity contribution in [2.75, 3.05) is 13.1 Å². The number of nitrogens with zero attached hydrogens (tertiary/aromatic N) is 3. The Morgan fingerprint density at radius 3 is 2.60 bits per heavy atom. The molecule has 0 aromatic carbocycles. The lowest BCUT2D eigenvalue weighted by Gasteiger charge is -2.18. The smallest absolute Gasteiger partial charge is 0.287 e. The lowest BCUT2D eigenvalue weighted by molar-refractivity contribution is -0.384. The van der Waals surface area contributed by atoms with Crippen LogP contribution in [0.2, 0.25) is 0 Å². The summed E-state index contributed by atoms with van der Waals surface area (Å²) in [5.41, 5.74) is 6.22. The van der Waals surface area contributed by atoms with E-state index in [0.717, 1.165) is 0 Å². The van der Waals surface area contributed by atoms with Gasteiger partial charge in [0.1, 0.15) is 5.69 Å². The van der Waals surface area contributed by atoms with Gasteiger partial charge < -0.3 is 15.2 Å². The molecule has 1 amide bonds. The van der Waals surface area contributed by atoms with Crippen molar-refractivity contribution in [3.05, 3.63) is 28.1 Å². The first-order valence-corrected chi connectivity index (χ1v) is 6.72. The Kier molecular flexibility index (Phi) is 3.80. The van der Waals surface area contributed by atoms with Crippen molar-refractivity contribution in [2.45, 2.75) is 32.9 Å². The summed E-state index contributed by atoms with van der Waals surface area (Å²) < 4.78 is 1.65. The molecule has 110 valence electrons.